The molecule has 17 heavy (non-hydrogen) atoms. The molecule has 2 N–H and O–H groups in total. The van der Waals surface area contributed by atoms with Crippen LogP contribution >= 0.6 is 11.6 Å². The number of hydrogen-bond acceptors (Lipinski definition) is 2. The summed E-state index contributed by atoms with van der Waals surface area (Å²) in [4.78, 5) is 11.8. The Kier molecular flexibility index (Phi) is 4.90. The zero-order valence-corrected chi connectivity index (χ0v) is 10.5. The molecule has 0 heterocycles. The maximum atomic E-state index is 13.1. The second-order valence-corrected chi connectivity index (χ2v) is 4.40. The summed E-state index contributed by atoms with van der Waals surface area (Å²) in [5.41, 5.74) is 0.101. The lowest BCUT2D eigenvalue weighted by atomic mass is 10.0. The van der Waals surface area contributed by atoms with Crippen LogP contribution in [0.1, 0.15) is 24.2 Å². The van der Waals surface area contributed by atoms with Gasteiger partial charge in [-0.2, -0.15) is 0 Å². The summed E-state index contributed by atoms with van der Waals surface area (Å²) in [5.74, 6) is -1.14. The maximum absolute atomic E-state index is 13.1. The quantitative estimate of drug-likeness (QED) is 0.871. The van der Waals surface area contributed by atoms with Crippen molar-refractivity contribution in [1.29, 1.82) is 0 Å². The minimum Gasteiger partial charge on any atom is -0.396 e. The highest BCUT2D eigenvalue weighted by molar-refractivity contribution is 6.34. The lowest BCUT2D eigenvalue weighted by Crippen LogP contribution is -2.38. The molecule has 5 heteroatoms. The summed E-state index contributed by atoms with van der Waals surface area (Å²) in [6.45, 7) is 3.54. The third-order valence-corrected chi connectivity index (χ3v) is 3.08. The predicted molar refractivity (Wildman–Crippen MR) is 64.6 cm³/mol. The van der Waals surface area contributed by atoms with Gasteiger partial charge < -0.3 is 10.4 Å². The van der Waals surface area contributed by atoms with Crippen molar-refractivity contribution in [3.8, 4) is 0 Å². The summed E-state index contributed by atoms with van der Waals surface area (Å²) in [7, 11) is 0. The van der Waals surface area contributed by atoms with Crippen molar-refractivity contribution in [3.05, 3.63) is 34.6 Å². The Balaban J connectivity index is 2.80. The summed E-state index contributed by atoms with van der Waals surface area (Å²) in [6.07, 6.45) is 0. The molecular formula is C12H15ClFNO2. The number of carbonyl (C=O) groups excluding carboxylic acids is 1. The topological polar surface area (TPSA) is 49.3 Å². The first-order valence-corrected chi connectivity index (χ1v) is 5.71. The molecule has 2 atom stereocenters. The van der Waals surface area contributed by atoms with E-state index in [1.165, 1.54) is 18.2 Å². The third-order valence-electron chi connectivity index (χ3n) is 2.70. The Morgan fingerprint density at radius 2 is 2.18 bits per heavy atom. The zero-order chi connectivity index (χ0) is 13.0. The highest BCUT2D eigenvalue weighted by atomic mass is 35.5. The average Bonchev–Trinajstić information content (AvgIpc) is 2.31. The van der Waals surface area contributed by atoms with Gasteiger partial charge >= 0.3 is 0 Å². The van der Waals surface area contributed by atoms with E-state index < -0.39 is 11.7 Å². The number of benzene rings is 1. The number of aliphatic hydroxyl groups excluding tert-OH is 1. The molecule has 2 unspecified atom stereocenters. The number of carbonyl (C=O) groups is 1. The van der Waals surface area contributed by atoms with Crippen molar-refractivity contribution < 1.29 is 14.3 Å². The largest absolute Gasteiger partial charge is 0.396 e. The molecule has 1 aromatic carbocycles. The van der Waals surface area contributed by atoms with Crippen molar-refractivity contribution in [2.75, 3.05) is 6.61 Å². The van der Waals surface area contributed by atoms with E-state index in [1.54, 1.807) is 13.8 Å². The number of halogens is 2. The molecule has 1 aromatic rings. The Hall–Kier alpha value is -1.13. The van der Waals surface area contributed by atoms with Crippen molar-refractivity contribution in [3.63, 3.8) is 0 Å². The molecule has 94 valence electrons. The molecule has 3 nitrogen and oxygen atoms in total. The van der Waals surface area contributed by atoms with Crippen molar-refractivity contribution in [2.45, 2.75) is 19.9 Å². The zero-order valence-electron chi connectivity index (χ0n) is 9.71. The van der Waals surface area contributed by atoms with Crippen LogP contribution in [-0.2, 0) is 0 Å². The van der Waals surface area contributed by atoms with Crippen molar-refractivity contribution in [2.24, 2.45) is 5.92 Å². The van der Waals surface area contributed by atoms with Gasteiger partial charge in [0, 0.05) is 12.6 Å². The van der Waals surface area contributed by atoms with E-state index in [2.05, 4.69) is 5.32 Å². The summed E-state index contributed by atoms with van der Waals surface area (Å²) in [6, 6.07) is 3.86. The number of rotatable bonds is 4. The summed E-state index contributed by atoms with van der Waals surface area (Å²) in [5, 5.41) is 11.4. The van der Waals surface area contributed by atoms with Gasteiger partial charge in [-0.3, -0.25) is 4.79 Å². The second-order valence-electron chi connectivity index (χ2n) is 4.02. The van der Waals surface area contributed by atoms with Crippen LogP contribution in [-0.4, -0.2) is 23.7 Å². The first-order valence-electron chi connectivity index (χ1n) is 5.33. The normalized spacial score (nSPS) is 14.2. The maximum Gasteiger partial charge on any atom is 0.253 e. The van der Waals surface area contributed by atoms with Crippen LogP contribution in [0.2, 0.25) is 5.02 Å². The van der Waals surface area contributed by atoms with Crippen LogP contribution in [0.3, 0.4) is 0 Å². The van der Waals surface area contributed by atoms with Gasteiger partial charge in [0.15, 0.2) is 0 Å². The van der Waals surface area contributed by atoms with Gasteiger partial charge in [0.2, 0.25) is 0 Å². The van der Waals surface area contributed by atoms with Gasteiger partial charge in [0.25, 0.3) is 5.91 Å². The SMILES string of the molecule is CC(CO)C(C)NC(=O)c1cccc(F)c1Cl. The van der Waals surface area contributed by atoms with Crippen LogP contribution < -0.4 is 5.32 Å². The highest BCUT2D eigenvalue weighted by Crippen LogP contribution is 2.19. The van der Waals surface area contributed by atoms with E-state index >= 15 is 0 Å². The Bertz CT molecular complexity index is 411. The monoisotopic (exact) mass is 259 g/mol. The molecular weight excluding hydrogens is 245 g/mol. The molecule has 0 saturated heterocycles. The van der Waals surface area contributed by atoms with Crippen LogP contribution in [0.4, 0.5) is 4.39 Å². The number of nitrogens with one attached hydrogen (secondary N) is 1. The van der Waals surface area contributed by atoms with Crippen molar-refractivity contribution >= 4 is 17.5 Å². The fourth-order valence-corrected chi connectivity index (χ4v) is 1.48. The fourth-order valence-electron chi connectivity index (χ4n) is 1.26. The molecule has 0 aliphatic carbocycles. The third kappa shape index (κ3) is 3.41. The fraction of sp³-hybridized carbons (Fsp3) is 0.417. The van der Waals surface area contributed by atoms with Gasteiger partial charge in [0.1, 0.15) is 5.82 Å². The molecule has 0 aromatic heterocycles. The van der Waals surface area contributed by atoms with E-state index in [9.17, 15) is 9.18 Å². The minimum absolute atomic E-state index is 0.0294. The van der Waals surface area contributed by atoms with E-state index in [4.69, 9.17) is 16.7 Å². The van der Waals surface area contributed by atoms with E-state index in [-0.39, 0.29) is 29.2 Å². The van der Waals surface area contributed by atoms with Gasteiger partial charge in [0.05, 0.1) is 10.6 Å². The summed E-state index contributed by atoms with van der Waals surface area (Å²) < 4.78 is 13.1. The average molecular weight is 260 g/mol. The van der Waals surface area contributed by atoms with E-state index in [0.29, 0.717) is 0 Å². The molecule has 0 fully saturated rings. The predicted octanol–water partition coefficient (Wildman–Crippen LogP) is 2.23. The first kappa shape index (κ1) is 13.9. The van der Waals surface area contributed by atoms with E-state index in [0.717, 1.165) is 0 Å². The van der Waals surface area contributed by atoms with Gasteiger partial charge in [-0.15, -0.1) is 0 Å². The highest BCUT2D eigenvalue weighted by Gasteiger charge is 2.18. The lowest BCUT2D eigenvalue weighted by molar-refractivity contribution is 0.0916. The lowest BCUT2D eigenvalue weighted by Gasteiger charge is -2.19. The second kappa shape index (κ2) is 5.98. The molecule has 0 aliphatic rings. The van der Waals surface area contributed by atoms with Gasteiger partial charge in [-0.05, 0) is 25.0 Å². The van der Waals surface area contributed by atoms with Gasteiger partial charge in [-0.1, -0.05) is 24.6 Å². The standard InChI is InChI=1S/C12H15ClFNO2/c1-7(6-16)8(2)15-12(17)9-4-3-5-10(14)11(9)13/h3-5,7-8,16H,6H2,1-2H3,(H,15,17). The summed E-state index contributed by atoms with van der Waals surface area (Å²) >= 11 is 5.70. The smallest absolute Gasteiger partial charge is 0.253 e. The van der Waals surface area contributed by atoms with Crippen LogP contribution in [0.15, 0.2) is 18.2 Å². The van der Waals surface area contributed by atoms with Gasteiger partial charge in [-0.25, -0.2) is 4.39 Å². The first-order chi connectivity index (χ1) is 7.97. The Labute approximate surface area is 105 Å². The molecule has 0 spiro atoms. The molecule has 1 amide bonds. The van der Waals surface area contributed by atoms with Crippen molar-refractivity contribution in [1.82, 2.24) is 5.32 Å². The van der Waals surface area contributed by atoms with Crippen LogP contribution in [0, 0.1) is 11.7 Å². The minimum atomic E-state index is -0.623. The number of amides is 1. The van der Waals surface area contributed by atoms with E-state index in [1.807, 2.05) is 0 Å². The van der Waals surface area contributed by atoms with Crippen LogP contribution in [0.25, 0.3) is 0 Å². The van der Waals surface area contributed by atoms with Crippen LogP contribution in [0.5, 0.6) is 0 Å². The number of hydrogen-bond donors (Lipinski definition) is 2. The molecule has 0 saturated carbocycles. The Morgan fingerprint density at radius 3 is 2.76 bits per heavy atom. The number of aliphatic hydroxyl groups is 1. The molecule has 0 bridgehead atoms. The molecule has 1 rings (SSSR count). The Morgan fingerprint density at radius 1 is 1.53 bits per heavy atom. The molecule has 0 aliphatic heterocycles. The molecule has 0 radical (unpaired) electrons.